The molecule has 1 aromatic carbocycles. The first kappa shape index (κ1) is 7.49. The van der Waals surface area contributed by atoms with E-state index in [-0.39, 0.29) is 0 Å². The van der Waals surface area contributed by atoms with Crippen LogP contribution >= 0.6 is 0 Å². The van der Waals surface area contributed by atoms with Crippen molar-refractivity contribution >= 4 is 5.69 Å². The van der Waals surface area contributed by atoms with Gasteiger partial charge in [-0.2, -0.15) is 0 Å². The highest BCUT2D eigenvalue weighted by molar-refractivity contribution is 5.49. The molecule has 0 saturated heterocycles. The molecule has 0 radical (unpaired) electrons. The Morgan fingerprint density at radius 1 is 1.36 bits per heavy atom. The van der Waals surface area contributed by atoms with Gasteiger partial charge in [0.15, 0.2) is 0 Å². The molecule has 0 amide bonds. The summed E-state index contributed by atoms with van der Waals surface area (Å²) in [6.07, 6.45) is 5.04. The second-order valence-corrected chi connectivity index (χ2v) is 2.00. The van der Waals surface area contributed by atoms with E-state index in [1.165, 1.54) is 0 Å². The lowest BCUT2D eigenvalue weighted by Crippen LogP contribution is -1.87. The zero-order chi connectivity index (χ0) is 8.10. The first-order valence-corrected chi connectivity index (χ1v) is 3.22. The minimum absolute atomic E-state index is 0.826. The largest absolute Gasteiger partial charge is 0.497 e. The fraction of sp³-hybridized carbons (Fsp3) is 0.111. The van der Waals surface area contributed by atoms with Crippen molar-refractivity contribution < 1.29 is 4.74 Å². The lowest BCUT2D eigenvalue weighted by Gasteiger charge is -2.00. The number of terminal acetylenes is 1. The molecule has 0 aliphatic rings. The molecule has 2 heteroatoms. The lowest BCUT2D eigenvalue weighted by molar-refractivity contribution is 0.415. The summed E-state index contributed by atoms with van der Waals surface area (Å²) in [5, 5.41) is 2.73. The van der Waals surface area contributed by atoms with Gasteiger partial charge in [-0.15, -0.1) is 0 Å². The molecule has 1 N–H and O–H groups in total. The Labute approximate surface area is 66.2 Å². The van der Waals surface area contributed by atoms with Crippen molar-refractivity contribution in [2.45, 2.75) is 0 Å². The molecule has 0 aliphatic carbocycles. The number of anilines is 1. The fourth-order valence-electron chi connectivity index (χ4n) is 0.758. The van der Waals surface area contributed by atoms with Crippen LogP contribution in [-0.2, 0) is 0 Å². The zero-order valence-corrected chi connectivity index (χ0v) is 6.29. The van der Waals surface area contributed by atoms with Gasteiger partial charge in [0.05, 0.1) is 7.11 Å². The second-order valence-electron chi connectivity index (χ2n) is 2.00. The van der Waals surface area contributed by atoms with E-state index in [0.717, 1.165) is 11.4 Å². The molecular weight excluding hydrogens is 138 g/mol. The molecule has 0 aliphatic heterocycles. The molecule has 0 unspecified atom stereocenters. The van der Waals surface area contributed by atoms with Crippen molar-refractivity contribution in [2.75, 3.05) is 12.4 Å². The van der Waals surface area contributed by atoms with Gasteiger partial charge in [-0.3, -0.25) is 0 Å². The number of nitrogens with one attached hydrogen (secondary N) is 1. The second kappa shape index (κ2) is 3.52. The van der Waals surface area contributed by atoms with Crippen molar-refractivity contribution in [3.8, 4) is 18.2 Å². The predicted molar refractivity (Wildman–Crippen MR) is 45.4 cm³/mol. The van der Waals surface area contributed by atoms with Crippen molar-refractivity contribution in [1.29, 1.82) is 0 Å². The van der Waals surface area contributed by atoms with Crippen molar-refractivity contribution in [1.82, 2.24) is 0 Å². The highest BCUT2D eigenvalue weighted by Gasteiger charge is 1.89. The summed E-state index contributed by atoms with van der Waals surface area (Å²) < 4.78 is 4.97. The molecule has 0 spiro atoms. The Bertz CT molecular complexity index is 258. The quantitative estimate of drug-likeness (QED) is 0.507. The van der Waals surface area contributed by atoms with Gasteiger partial charge in [0, 0.05) is 11.7 Å². The van der Waals surface area contributed by atoms with Crippen LogP contribution in [0.2, 0.25) is 0 Å². The summed E-state index contributed by atoms with van der Waals surface area (Å²) in [6.45, 7) is 0. The van der Waals surface area contributed by atoms with Crippen molar-refractivity contribution in [3.05, 3.63) is 24.3 Å². The van der Waals surface area contributed by atoms with Crippen LogP contribution in [-0.4, -0.2) is 7.11 Å². The maximum Gasteiger partial charge on any atom is 0.119 e. The number of ether oxygens (including phenoxy) is 1. The van der Waals surface area contributed by atoms with Gasteiger partial charge >= 0.3 is 0 Å². The van der Waals surface area contributed by atoms with E-state index in [9.17, 15) is 0 Å². The van der Waals surface area contributed by atoms with Crippen LogP contribution in [0.3, 0.4) is 0 Å². The average Bonchev–Trinajstić information content (AvgIpc) is 2.07. The van der Waals surface area contributed by atoms with E-state index < -0.39 is 0 Å². The standard InChI is InChI=1S/C9H9NO/c1-3-10-8-4-6-9(11-2)7-5-8/h1,4-7,10H,2H3. The molecule has 56 valence electrons. The van der Waals surface area contributed by atoms with E-state index in [0.29, 0.717) is 0 Å². The van der Waals surface area contributed by atoms with E-state index in [1.807, 2.05) is 24.3 Å². The Kier molecular flexibility index (Phi) is 2.40. The zero-order valence-electron chi connectivity index (χ0n) is 6.29. The molecule has 11 heavy (non-hydrogen) atoms. The first-order valence-electron chi connectivity index (χ1n) is 3.22. The molecule has 1 rings (SSSR count). The number of methoxy groups -OCH3 is 1. The Hall–Kier alpha value is -1.62. The number of hydrogen-bond acceptors (Lipinski definition) is 2. The molecule has 0 atom stereocenters. The highest BCUT2D eigenvalue weighted by atomic mass is 16.5. The summed E-state index contributed by atoms with van der Waals surface area (Å²) in [7, 11) is 1.63. The van der Waals surface area contributed by atoms with Gasteiger partial charge in [0.25, 0.3) is 0 Å². The first-order chi connectivity index (χ1) is 5.36. The van der Waals surface area contributed by atoms with Crippen LogP contribution in [0.15, 0.2) is 24.3 Å². The summed E-state index contributed by atoms with van der Waals surface area (Å²) in [6, 6.07) is 9.74. The van der Waals surface area contributed by atoms with E-state index in [4.69, 9.17) is 11.2 Å². The molecule has 0 fully saturated rings. The summed E-state index contributed by atoms with van der Waals surface area (Å²) in [5.74, 6) is 0.826. The molecule has 0 bridgehead atoms. The topological polar surface area (TPSA) is 21.3 Å². The van der Waals surface area contributed by atoms with Gasteiger partial charge in [0.2, 0.25) is 0 Å². The van der Waals surface area contributed by atoms with Gasteiger partial charge in [-0.05, 0) is 24.3 Å². The number of rotatable bonds is 2. The van der Waals surface area contributed by atoms with Crippen LogP contribution in [0.25, 0.3) is 0 Å². The summed E-state index contributed by atoms with van der Waals surface area (Å²) in [4.78, 5) is 0. The Balaban J connectivity index is 2.76. The number of hydrogen-bond donors (Lipinski definition) is 1. The monoisotopic (exact) mass is 147 g/mol. The normalized spacial score (nSPS) is 8.36. The van der Waals surface area contributed by atoms with Crippen LogP contribution in [0.5, 0.6) is 5.75 Å². The van der Waals surface area contributed by atoms with Crippen molar-refractivity contribution in [2.24, 2.45) is 0 Å². The van der Waals surface area contributed by atoms with Crippen molar-refractivity contribution in [3.63, 3.8) is 0 Å². The van der Waals surface area contributed by atoms with Crippen LogP contribution < -0.4 is 10.1 Å². The molecule has 2 nitrogen and oxygen atoms in total. The summed E-state index contributed by atoms with van der Waals surface area (Å²) >= 11 is 0. The fourth-order valence-corrected chi connectivity index (χ4v) is 0.758. The van der Waals surface area contributed by atoms with E-state index in [2.05, 4.69) is 11.4 Å². The smallest absolute Gasteiger partial charge is 0.119 e. The van der Waals surface area contributed by atoms with Gasteiger partial charge in [-0.25, -0.2) is 0 Å². The van der Waals surface area contributed by atoms with Gasteiger partial charge in [0.1, 0.15) is 5.75 Å². The minimum Gasteiger partial charge on any atom is -0.497 e. The third kappa shape index (κ3) is 1.91. The Morgan fingerprint density at radius 3 is 2.45 bits per heavy atom. The molecule has 0 heterocycles. The van der Waals surface area contributed by atoms with Gasteiger partial charge < -0.3 is 10.1 Å². The van der Waals surface area contributed by atoms with Gasteiger partial charge in [-0.1, -0.05) is 6.42 Å². The number of benzene rings is 1. The third-order valence-electron chi connectivity index (χ3n) is 1.31. The maximum absolute atomic E-state index is 5.04. The molecular formula is C9H9NO. The predicted octanol–water partition coefficient (Wildman–Crippen LogP) is 1.70. The summed E-state index contributed by atoms with van der Waals surface area (Å²) in [5.41, 5.74) is 0.897. The Morgan fingerprint density at radius 2 is 2.00 bits per heavy atom. The SMILES string of the molecule is C#CNc1ccc(OC)cc1. The third-order valence-corrected chi connectivity index (χ3v) is 1.31. The van der Waals surface area contributed by atoms with E-state index >= 15 is 0 Å². The maximum atomic E-state index is 5.04. The van der Waals surface area contributed by atoms with Crippen LogP contribution in [0, 0.1) is 12.5 Å². The highest BCUT2D eigenvalue weighted by Crippen LogP contribution is 2.13. The molecule has 0 aromatic heterocycles. The molecule has 0 saturated carbocycles. The minimum atomic E-state index is 0.826. The lowest BCUT2D eigenvalue weighted by atomic mass is 10.3. The molecule has 1 aromatic rings. The van der Waals surface area contributed by atoms with Crippen LogP contribution in [0.1, 0.15) is 0 Å². The van der Waals surface area contributed by atoms with Crippen LogP contribution in [0.4, 0.5) is 5.69 Å². The van der Waals surface area contributed by atoms with E-state index in [1.54, 1.807) is 7.11 Å². The average molecular weight is 147 g/mol.